The Balaban J connectivity index is 1.30. The molecule has 1 amide bonds. The van der Waals surface area contributed by atoms with Gasteiger partial charge in [0.25, 0.3) is 0 Å². The number of ether oxygens (including phenoxy) is 2. The zero-order valence-electron chi connectivity index (χ0n) is 18.5. The molecule has 2 aromatic carbocycles. The minimum atomic E-state index is -0.952. The number of hydrogen-bond acceptors (Lipinski definition) is 5. The van der Waals surface area contributed by atoms with Gasteiger partial charge in [0.2, 0.25) is 5.91 Å². The average Bonchev–Trinajstić information content (AvgIpc) is 2.83. The minimum Gasteiger partial charge on any atom is -0.486 e. The summed E-state index contributed by atoms with van der Waals surface area (Å²) in [5, 5.41) is 9.91. The molecule has 3 aromatic rings. The normalized spacial score (nSPS) is 16.7. The third-order valence-electron chi connectivity index (χ3n) is 6.68. The zero-order chi connectivity index (χ0) is 23.0. The third-order valence-corrected chi connectivity index (χ3v) is 6.68. The van der Waals surface area contributed by atoms with Gasteiger partial charge in [0.1, 0.15) is 12.2 Å². The van der Waals surface area contributed by atoms with Crippen LogP contribution in [0.5, 0.6) is 11.5 Å². The van der Waals surface area contributed by atoms with Crippen molar-refractivity contribution in [2.75, 3.05) is 19.7 Å². The lowest BCUT2D eigenvalue weighted by Crippen LogP contribution is -2.54. The van der Waals surface area contributed by atoms with Crippen LogP contribution in [0.25, 0.3) is 22.0 Å². The van der Waals surface area contributed by atoms with Gasteiger partial charge in [0, 0.05) is 43.9 Å². The van der Waals surface area contributed by atoms with Crippen molar-refractivity contribution in [2.24, 2.45) is 0 Å². The number of aromatic nitrogens is 1. The van der Waals surface area contributed by atoms with Crippen LogP contribution in [0.3, 0.4) is 0 Å². The van der Waals surface area contributed by atoms with Crippen molar-refractivity contribution >= 4 is 22.8 Å². The van der Waals surface area contributed by atoms with E-state index in [9.17, 15) is 9.59 Å². The topological polar surface area (TPSA) is 89.0 Å². The maximum Gasteiger partial charge on any atom is 0.303 e. The molecule has 170 valence electrons. The molecule has 3 heterocycles. The molecule has 7 nitrogen and oxygen atoms in total. The van der Waals surface area contributed by atoms with E-state index in [0.717, 1.165) is 33.3 Å². The Morgan fingerprint density at radius 3 is 2.70 bits per heavy atom. The number of rotatable bonds is 4. The van der Waals surface area contributed by atoms with Crippen LogP contribution < -0.4 is 9.47 Å². The molecular weight excluding hydrogens is 420 g/mol. The number of aryl methyl sites for hydroxylation is 1. The maximum atomic E-state index is 12.2. The van der Waals surface area contributed by atoms with Gasteiger partial charge in [-0.15, -0.1) is 0 Å². The lowest BCUT2D eigenvalue weighted by molar-refractivity contribution is -0.142. The second kappa shape index (κ2) is 8.39. The third kappa shape index (κ3) is 4.11. The molecule has 1 spiro atoms. The van der Waals surface area contributed by atoms with E-state index >= 15 is 0 Å². The van der Waals surface area contributed by atoms with Gasteiger partial charge in [-0.25, -0.2) is 0 Å². The maximum absolute atomic E-state index is 12.2. The lowest BCUT2D eigenvalue weighted by Gasteiger charge is -2.44. The van der Waals surface area contributed by atoms with Crippen molar-refractivity contribution in [1.29, 1.82) is 0 Å². The van der Waals surface area contributed by atoms with Crippen LogP contribution in [0.15, 0.2) is 48.7 Å². The average molecular weight is 447 g/mol. The number of carbonyl (C=O) groups is 2. The Labute approximate surface area is 191 Å². The number of piperidine rings is 1. The van der Waals surface area contributed by atoms with Crippen molar-refractivity contribution in [2.45, 2.75) is 38.2 Å². The van der Waals surface area contributed by atoms with E-state index in [1.54, 1.807) is 4.90 Å². The van der Waals surface area contributed by atoms with Gasteiger partial charge in [-0.3, -0.25) is 14.6 Å². The quantitative estimate of drug-likeness (QED) is 0.646. The van der Waals surface area contributed by atoms with Gasteiger partial charge in [-0.2, -0.15) is 0 Å². The Morgan fingerprint density at radius 1 is 1.09 bits per heavy atom. The first kappa shape index (κ1) is 21.2. The summed E-state index contributed by atoms with van der Waals surface area (Å²) in [5.41, 5.74) is 3.83. The Bertz CT molecular complexity index is 1230. The molecule has 0 atom stereocenters. The first-order valence-corrected chi connectivity index (χ1v) is 11.2. The van der Waals surface area contributed by atoms with Crippen molar-refractivity contribution in [3.05, 3.63) is 54.2 Å². The second-order valence-corrected chi connectivity index (χ2v) is 8.82. The lowest BCUT2D eigenvalue weighted by atomic mass is 9.90. The number of carbonyl (C=O) groups excluding carboxylic acids is 1. The van der Waals surface area contributed by atoms with Gasteiger partial charge in [0.15, 0.2) is 11.5 Å². The summed E-state index contributed by atoms with van der Waals surface area (Å²) < 4.78 is 12.6. The highest BCUT2D eigenvalue weighted by Gasteiger charge is 2.42. The molecular formula is C26H26N2O5. The first-order valence-electron chi connectivity index (χ1n) is 11.2. The van der Waals surface area contributed by atoms with Gasteiger partial charge >= 0.3 is 5.97 Å². The fourth-order valence-corrected chi connectivity index (χ4v) is 4.73. The summed E-state index contributed by atoms with van der Waals surface area (Å²) in [4.78, 5) is 29.2. The molecule has 7 heteroatoms. The number of pyridine rings is 1. The fourth-order valence-electron chi connectivity index (χ4n) is 4.73. The molecule has 5 rings (SSSR count). The first-order chi connectivity index (χ1) is 15.9. The SMILES string of the molecule is Cc1c(-c2ccc3c(c2)OCC2(CCN(C(=O)CCC(=O)O)CC2)O3)ccc2cccnc12. The second-order valence-electron chi connectivity index (χ2n) is 8.82. The van der Waals surface area contributed by atoms with Crippen molar-refractivity contribution < 1.29 is 24.2 Å². The molecule has 2 aliphatic rings. The molecule has 1 fully saturated rings. The van der Waals surface area contributed by atoms with Gasteiger partial charge in [-0.1, -0.05) is 24.3 Å². The molecule has 1 N–H and O–H groups in total. The molecule has 0 bridgehead atoms. The van der Waals surface area contributed by atoms with E-state index in [0.29, 0.717) is 38.3 Å². The summed E-state index contributed by atoms with van der Waals surface area (Å²) >= 11 is 0. The van der Waals surface area contributed by atoms with E-state index in [2.05, 4.69) is 30.1 Å². The zero-order valence-corrected chi connectivity index (χ0v) is 18.5. The van der Waals surface area contributed by atoms with Crippen LogP contribution >= 0.6 is 0 Å². The molecule has 1 aromatic heterocycles. The van der Waals surface area contributed by atoms with E-state index in [-0.39, 0.29) is 18.7 Å². The molecule has 0 radical (unpaired) electrons. The minimum absolute atomic E-state index is 0.0367. The van der Waals surface area contributed by atoms with Crippen LogP contribution in [0.1, 0.15) is 31.2 Å². The van der Waals surface area contributed by atoms with Crippen LogP contribution in [0.4, 0.5) is 0 Å². The number of carboxylic acids is 1. The van der Waals surface area contributed by atoms with Crippen LogP contribution in [0.2, 0.25) is 0 Å². The monoisotopic (exact) mass is 446 g/mol. The van der Waals surface area contributed by atoms with E-state index < -0.39 is 11.6 Å². The summed E-state index contributed by atoms with van der Waals surface area (Å²) in [5.74, 6) is 0.368. The highest BCUT2D eigenvalue weighted by atomic mass is 16.6. The van der Waals surface area contributed by atoms with Crippen LogP contribution in [-0.4, -0.2) is 52.2 Å². The van der Waals surface area contributed by atoms with Crippen molar-refractivity contribution in [1.82, 2.24) is 9.88 Å². The summed E-state index contributed by atoms with van der Waals surface area (Å²) in [6.45, 7) is 3.60. The summed E-state index contributed by atoms with van der Waals surface area (Å²) in [6.07, 6.45) is 3.02. The van der Waals surface area contributed by atoms with E-state index in [4.69, 9.17) is 14.6 Å². The number of carboxylic acid groups (broad SMARTS) is 1. The number of fused-ring (bicyclic) bond motifs is 2. The predicted molar refractivity (Wildman–Crippen MR) is 123 cm³/mol. The largest absolute Gasteiger partial charge is 0.486 e. The molecule has 0 unspecified atom stereocenters. The summed E-state index contributed by atoms with van der Waals surface area (Å²) in [7, 11) is 0. The van der Waals surface area contributed by atoms with Crippen molar-refractivity contribution in [3.63, 3.8) is 0 Å². The van der Waals surface area contributed by atoms with Crippen LogP contribution in [-0.2, 0) is 9.59 Å². The molecule has 0 saturated carbocycles. The van der Waals surface area contributed by atoms with E-state index in [1.165, 1.54) is 0 Å². The molecule has 1 saturated heterocycles. The predicted octanol–water partition coefficient (Wildman–Crippen LogP) is 4.21. The van der Waals surface area contributed by atoms with Gasteiger partial charge < -0.3 is 19.5 Å². The Hall–Kier alpha value is -3.61. The number of aliphatic carboxylic acids is 1. The highest BCUT2D eigenvalue weighted by molar-refractivity contribution is 5.88. The highest BCUT2D eigenvalue weighted by Crippen LogP contribution is 2.42. The van der Waals surface area contributed by atoms with Crippen molar-refractivity contribution in [3.8, 4) is 22.6 Å². The number of benzene rings is 2. The fraction of sp³-hybridized carbons (Fsp3) is 0.346. The number of amides is 1. The number of likely N-dealkylation sites (tertiary alicyclic amines) is 1. The standard InChI is InChI=1S/C26H26N2O5/c1-17-20(6-4-18-3-2-12-27-25(17)18)19-5-7-21-22(15-19)32-16-26(33-21)10-13-28(14-11-26)23(29)8-9-24(30)31/h2-7,12,15H,8-11,13-14,16H2,1H3,(H,30,31). The molecule has 2 aliphatic heterocycles. The Kier molecular flexibility index (Phi) is 5.40. The summed E-state index contributed by atoms with van der Waals surface area (Å²) in [6, 6.07) is 14.2. The Morgan fingerprint density at radius 2 is 1.91 bits per heavy atom. The number of hydrogen-bond donors (Lipinski definition) is 1. The van der Waals surface area contributed by atoms with Crippen LogP contribution in [0, 0.1) is 6.92 Å². The molecule has 0 aliphatic carbocycles. The number of nitrogens with zero attached hydrogens (tertiary/aromatic N) is 2. The van der Waals surface area contributed by atoms with Gasteiger partial charge in [0.05, 0.1) is 11.9 Å². The van der Waals surface area contributed by atoms with E-state index in [1.807, 2.05) is 30.5 Å². The van der Waals surface area contributed by atoms with Gasteiger partial charge in [-0.05, 0) is 41.8 Å². The molecule has 33 heavy (non-hydrogen) atoms. The smallest absolute Gasteiger partial charge is 0.303 e.